The van der Waals surface area contributed by atoms with Crippen molar-refractivity contribution in [2.45, 2.75) is 0 Å². The summed E-state index contributed by atoms with van der Waals surface area (Å²) in [6, 6.07) is 37.8. The van der Waals surface area contributed by atoms with Gasteiger partial charge in [-0.2, -0.15) is 0 Å². The van der Waals surface area contributed by atoms with Crippen LogP contribution in [0.5, 0.6) is 0 Å². The molecule has 0 atom stereocenters. The van der Waals surface area contributed by atoms with E-state index in [1.165, 1.54) is 10.1 Å². The Bertz CT molecular complexity index is 2400. The standard InChI is InChI=1S/C33H19N5S/c1-2-10-20(11-3-1)32-35-30-22-13-5-9-17-28(22)39-31(30)33(36-32)38-25-15-7-4-12-21(25)23-19-37-26-16-8-6-14-24(26)34-29(37)18-27(23)38/h1-19H. The fraction of sp³-hybridized carbons (Fsp3) is 0. The number of hydrogen-bond acceptors (Lipinski definition) is 4. The van der Waals surface area contributed by atoms with E-state index < -0.39 is 0 Å². The zero-order valence-electron chi connectivity index (χ0n) is 20.6. The number of nitrogens with zero attached hydrogens (tertiary/aromatic N) is 5. The molecule has 4 aromatic carbocycles. The first-order chi connectivity index (χ1) is 19.3. The minimum absolute atomic E-state index is 0.722. The second-order valence-corrected chi connectivity index (χ2v) is 10.8. The Kier molecular flexibility index (Phi) is 4.14. The van der Waals surface area contributed by atoms with E-state index in [0.717, 1.165) is 65.9 Å². The molecule has 0 aliphatic carbocycles. The van der Waals surface area contributed by atoms with Gasteiger partial charge in [0.15, 0.2) is 11.6 Å². The maximum atomic E-state index is 5.27. The zero-order valence-corrected chi connectivity index (χ0v) is 21.4. The van der Waals surface area contributed by atoms with Gasteiger partial charge in [0.2, 0.25) is 0 Å². The van der Waals surface area contributed by atoms with Crippen LogP contribution in [-0.4, -0.2) is 23.9 Å². The molecule has 0 aliphatic rings. The molecule has 6 heteroatoms. The zero-order chi connectivity index (χ0) is 25.5. The summed E-state index contributed by atoms with van der Waals surface area (Å²) < 4.78 is 6.78. The van der Waals surface area contributed by atoms with E-state index >= 15 is 0 Å². The molecule has 0 aliphatic heterocycles. The van der Waals surface area contributed by atoms with Crippen molar-refractivity contribution in [2.75, 3.05) is 0 Å². The third-order valence-corrected chi connectivity index (χ3v) is 8.70. The van der Waals surface area contributed by atoms with Gasteiger partial charge in [-0.25, -0.2) is 15.0 Å². The minimum Gasteiger partial charge on any atom is -0.299 e. The van der Waals surface area contributed by atoms with Crippen LogP contribution in [0.25, 0.3) is 76.0 Å². The van der Waals surface area contributed by atoms with E-state index in [1.807, 2.05) is 24.3 Å². The fourth-order valence-corrected chi connectivity index (χ4v) is 6.91. The average Bonchev–Trinajstić information content (AvgIpc) is 3.65. The van der Waals surface area contributed by atoms with Crippen molar-refractivity contribution < 1.29 is 0 Å². The van der Waals surface area contributed by atoms with Crippen molar-refractivity contribution >= 4 is 70.1 Å². The van der Waals surface area contributed by atoms with E-state index in [2.05, 4.69) is 100 Å². The molecule has 0 unspecified atom stereocenters. The van der Waals surface area contributed by atoms with Gasteiger partial charge in [-0.05, 0) is 24.3 Å². The van der Waals surface area contributed by atoms with E-state index in [9.17, 15) is 0 Å². The molecule has 0 N–H and O–H groups in total. The number of fused-ring (bicyclic) bond motifs is 9. The predicted octanol–water partition coefficient (Wildman–Crippen LogP) is 8.41. The maximum Gasteiger partial charge on any atom is 0.162 e. The molecule has 0 saturated heterocycles. The quantitative estimate of drug-likeness (QED) is 0.231. The van der Waals surface area contributed by atoms with Gasteiger partial charge in [0, 0.05) is 38.7 Å². The first kappa shape index (κ1) is 20.9. The van der Waals surface area contributed by atoms with Crippen molar-refractivity contribution in [2.24, 2.45) is 0 Å². The summed E-state index contributed by atoms with van der Waals surface area (Å²) >= 11 is 1.75. The van der Waals surface area contributed by atoms with Gasteiger partial charge in [0.25, 0.3) is 0 Å². The lowest BCUT2D eigenvalue weighted by atomic mass is 10.2. The van der Waals surface area contributed by atoms with Gasteiger partial charge in [-0.3, -0.25) is 8.97 Å². The van der Waals surface area contributed by atoms with Crippen molar-refractivity contribution in [3.05, 3.63) is 115 Å². The van der Waals surface area contributed by atoms with Gasteiger partial charge in [0.05, 0.1) is 32.3 Å². The maximum absolute atomic E-state index is 5.27. The molecule has 5 nitrogen and oxygen atoms in total. The van der Waals surface area contributed by atoms with Gasteiger partial charge in [-0.15, -0.1) is 11.3 Å². The monoisotopic (exact) mass is 517 g/mol. The molecule has 0 bridgehead atoms. The van der Waals surface area contributed by atoms with Crippen LogP contribution in [0.15, 0.2) is 115 Å². The minimum atomic E-state index is 0.722. The van der Waals surface area contributed by atoms with Crippen molar-refractivity contribution in [3.63, 3.8) is 0 Å². The number of aromatic nitrogens is 5. The number of imidazole rings is 1. The van der Waals surface area contributed by atoms with Gasteiger partial charge >= 0.3 is 0 Å². The summed E-state index contributed by atoms with van der Waals surface area (Å²) in [5, 5.41) is 3.50. The van der Waals surface area contributed by atoms with Crippen molar-refractivity contribution in [3.8, 4) is 17.2 Å². The molecular formula is C33H19N5S. The molecule has 39 heavy (non-hydrogen) atoms. The topological polar surface area (TPSA) is 48.0 Å². The highest BCUT2D eigenvalue weighted by atomic mass is 32.1. The average molecular weight is 518 g/mol. The molecule has 0 saturated carbocycles. The summed E-state index contributed by atoms with van der Waals surface area (Å²) in [5.41, 5.74) is 7.18. The number of pyridine rings is 1. The molecule has 0 spiro atoms. The first-order valence-corrected chi connectivity index (χ1v) is 13.7. The van der Waals surface area contributed by atoms with Crippen molar-refractivity contribution in [1.29, 1.82) is 0 Å². The summed E-state index contributed by atoms with van der Waals surface area (Å²) in [4.78, 5) is 15.3. The molecule has 9 rings (SSSR count). The van der Waals surface area contributed by atoms with E-state index in [0.29, 0.717) is 0 Å². The SMILES string of the molecule is c1ccc(-c2nc(-n3c4ccccc4c4cn5c(cc43)nc3ccccc35)c3sc4ccccc4c3n2)cc1. The summed E-state index contributed by atoms with van der Waals surface area (Å²) in [6.45, 7) is 0. The third-order valence-electron chi connectivity index (χ3n) is 7.54. The molecule has 0 fully saturated rings. The Morgan fingerprint density at radius 1 is 0.590 bits per heavy atom. The highest BCUT2D eigenvalue weighted by Crippen LogP contribution is 2.40. The van der Waals surface area contributed by atoms with Crippen LogP contribution in [-0.2, 0) is 0 Å². The second-order valence-electron chi connectivity index (χ2n) is 9.77. The Hall–Kier alpha value is -5.07. The lowest BCUT2D eigenvalue weighted by Gasteiger charge is -2.11. The van der Waals surface area contributed by atoms with E-state index in [4.69, 9.17) is 15.0 Å². The fourth-order valence-electron chi connectivity index (χ4n) is 5.79. The van der Waals surface area contributed by atoms with Gasteiger partial charge < -0.3 is 0 Å². The van der Waals surface area contributed by atoms with E-state index in [-0.39, 0.29) is 0 Å². The molecule has 0 radical (unpaired) electrons. The van der Waals surface area contributed by atoms with Gasteiger partial charge in [-0.1, -0.05) is 78.9 Å². The molecule has 182 valence electrons. The summed E-state index contributed by atoms with van der Waals surface area (Å²) in [6.07, 6.45) is 2.22. The molecular weight excluding hydrogens is 498 g/mol. The summed E-state index contributed by atoms with van der Waals surface area (Å²) in [5.74, 6) is 1.62. The van der Waals surface area contributed by atoms with Crippen LogP contribution >= 0.6 is 11.3 Å². The van der Waals surface area contributed by atoms with Crippen LogP contribution in [0, 0.1) is 0 Å². The number of thiophene rings is 1. The largest absolute Gasteiger partial charge is 0.299 e. The lowest BCUT2D eigenvalue weighted by Crippen LogP contribution is -2.01. The van der Waals surface area contributed by atoms with Crippen LogP contribution in [0.4, 0.5) is 0 Å². The molecule has 5 aromatic heterocycles. The van der Waals surface area contributed by atoms with Crippen LogP contribution in [0.2, 0.25) is 0 Å². The Morgan fingerprint density at radius 3 is 2.23 bits per heavy atom. The number of hydrogen-bond donors (Lipinski definition) is 0. The Labute approximate surface area is 226 Å². The van der Waals surface area contributed by atoms with Crippen molar-refractivity contribution in [1.82, 2.24) is 23.9 Å². The second kappa shape index (κ2) is 7.72. The highest BCUT2D eigenvalue weighted by Gasteiger charge is 2.21. The number of rotatable bonds is 2. The summed E-state index contributed by atoms with van der Waals surface area (Å²) in [7, 11) is 0. The Morgan fingerprint density at radius 2 is 1.33 bits per heavy atom. The number of benzene rings is 4. The third kappa shape index (κ3) is 2.92. The predicted molar refractivity (Wildman–Crippen MR) is 161 cm³/mol. The smallest absolute Gasteiger partial charge is 0.162 e. The molecule has 0 amide bonds. The van der Waals surface area contributed by atoms with Crippen LogP contribution < -0.4 is 0 Å². The van der Waals surface area contributed by atoms with Gasteiger partial charge in [0.1, 0.15) is 5.65 Å². The Balaban J connectivity index is 1.47. The lowest BCUT2D eigenvalue weighted by molar-refractivity contribution is 1.08. The first-order valence-electron chi connectivity index (χ1n) is 12.9. The van der Waals surface area contributed by atoms with E-state index in [1.54, 1.807) is 11.3 Å². The molecule has 5 heterocycles. The van der Waals surface area contributed by atoms with Crippen LogP contribution in [0.1, 0.15) is 0 Å². The van der Waals surface area contributed by atoms with Crippen LogP contribution in [0.3, 0.4) is 0 Å². The highest BCUT2D eigenvalue weighted by molar-refractivity contribution is 7.26. The normalized spacial score (nSPS) is 12.1. The molecule has 9 aromatic rings. The number of para-hydroxylation sites is 3.